The van der Waals surface area contributed by atoms with E-state index in [2.05, 4.69) is 67.0 Å². The minimum atomic E-state index is -5.39. The van der Waals surface area contributed by atoms with Crippen LogP contribution in [-0.4, -0.2) is 114 Å². The Hall–Kier alpha value is -2.60. The molecule has 0 spiro atoms. The Labute approximate surface area is 392 Å². The first-order chi connectivity index (χ1) is 31.5. The van der Waals surface area contributed by atoms with Gasteiger partial charge in [-0.15, -0.1) is 0 Å². The van der Waals surface area contributed by atoms with E-state index in [1.54, 1.807) is 12.2 Å². The predicted molar refractivity (Wildman–Crippen MR) is 252 cm³/mol. The highest BCUT2D eigenvalue weighted by molar-refractivity contribution is 7.47. The summed E-state index contributed by atoms with van der Waals surface area (Å²) in [5.74, 6) is -1.43. The zero-order valence-corrected chi connectivity index (χ0v) is 40.7. The molecule has 0 radical (unpaired) electrons. The van der Waals surface area contributed by atoms with Crippen molar-refractivity contribution >= 4 is 27.6 Å². The summed E-state index contributed by atoms with van der Waals surface area (Å²) in [5.41, 5.74) is 0. The Bertz CT molecular complexity index is 1570. The third-order valence-electron chi connectivity index (χ3n) is 10.4. The molecule has 66 heavy (non-hydrogen) atoms. The van der Waals surface area contributed by atoms with Gasteiger partial charge < -0.3 is 49.7 Å². The number of aliphatic hydroxyl groups is 5. The van der Waals surface area contributed by atoms with Gasteiger partial charge in [-0.2, -0.15) is 0 Å². The van der Waals surface area contributed by atoms with Crippen LogP contribution < -0.4 is 0 Å². The number of aliphatic hydroxyl groups excluding tert-OH is 5. The number of allylic oxidation sites excluding steroid dienone is 11. The Balaban J connectivity index is 2.71. The van der Waals surface area contributed by atoms with E-state index in [9.17, 15) is 58.9 Å². The molecule has 380 valence electrons. The second-order valence-corrected chi connectivity index (χ2v) is 18.9. The molecule has 0 heterocycles. The Kier molecular flexibility index (Phi) is 34.7. The van der Waals surface area contributed by atoms with E-state index in [0.29, 0.717) is 6.42 Å². The lowest BCUT2D eigenvalue weighted by molar-refractivity contribution is -0.216. The van der Waals surface area contributed by atoms with Gasteiger partial charge in [-0.3, -0.25) is 23.2 Å². The van der Waals surface area contributed by atoms with E-state index in [0.717, 1.165) is 64.2 Å². The number of ether oxygens (including phenoxy) is 2. The summed E-state index contributed by atoms with van der Waals surface area (Å²) in [6.07, 6.45) is 25.9. The fourth-order valence-corrected chi connectivity index (χ4v) is 8.17. The number of carbonyl (C=O) groups excluding carboxylic acids is 2. The summed E-state index contributed by atoms with van der Waals surface area (Å²) in [6.45, 7) is 2.87. The van der Waals surface area contributed by atoms with Crippen molar-refractivity contribution in [2.75, 3.05) is 13.2 Å². The fraction of sp³-hybridized carbons (Fsp3) is 0.702. The molecule has 0 aromatic heterocycles. The summed E-state index contributed by atoms with van der Waals surface area (Å²) in [4.78, 5) is 54.3. The van der Waals surface area contributed by atoms with Crippen LogP contribution in [0.1, 0.15) is 149 Å². The minimum Gasteiger partial charge on any atom is -0.462 e. The maximum Gasteiger partial charge on any atom is 0.472 e. The van der Waals surface area contributed by atoms with Crippen LogP contribution >= 0.6 is 15.6 Å². The summed E-state index contributed by atoms with van der Waals surface area (Å²) >= 11 is 0. The molecule has 0 amide bonds. The maximum absolute atomic E-state index is 13.0. The van der Waals surface area contributed by atoms with Crippen LogP contribution in [0.3, 0.4) is 0 Å². The standard InChI is InChI=1S/C47H80O17P2/c1-3-5-7-9-11-13-15-17-18-20-22-24-26-28-30-34-40(49)60-36-39(37-61-66(58,59)64-47-44(53)42(51)43(52)46(45(47)54)63-65(55,56)57)62-41(50)35-31-33-38(48)32-29-27-25-23-21-19-16-14-12-10-8-6-4-2/h11-14,17-19,21,25,27,29,32,38-39,42-48,51-54H,3-10,15-16,20,22-24,26,28,30-31,33-37H2,1-2H3,(H,58,59)(H2,55,56,57)/b13-11-,14-12-,18-17-,21-19-,27-25-,32-29+/t38-,39+,42?,43?,44?,45?,46+,47-/m0/s1. The molecule has 1 rings (SSSR count). The summed E-state index contributed by atoms with van der Waals surface area (Å²) in [6, 6.07) is 0. The van der Waals surface area contributed by atoms with Gasteiger partial charge in [0.05, 0.1) is 12.7 Å². The van der Waals surface area contributed by atoms with Gasteiger partial charge in [0.15, 0.2) is 6.10 Å². The van der Waals surface area contributed by atoms with Gasteiger partial charge in [0.1, 0.15) is 43.2 Å². The molecular weight excluding hydrogens is 898 g/mol. The van der Waals surface area contributed by atoms with Gasteiger partial charge in [-0.1, -0.05) is 132 Å². The van der Waals surface area contributed by atoms with Crippen molar-refractivity contribution < 1.29 is 82.0 Å². The Morgan fingerprint density at radius 1 is 0.561 bits per heavy atom. The van der Waals surface area contributed by atoms with Crippen LogP contribution in [-0.2, 0) is 41.8 Å². The molecule has 0 saturated heterocycles. The van der Waals surface area contributed by atoms with Crippen molar-refractivity contribution in [3.63, 3.8) is 0 Å². The number of unbranched alkanes of at least 4 members (excludes halogenated alkanes) is 11. The van der Waals surface area contributed by atoms with Crippen molar-refractivity contribution in [2.24, 2.45) is 0 Å². The van der Waals surface area contributed by atoms with E-state index < -0.39 is 89.6 Å². The first-order valence-corrected chi connectivity index (χ1v) is 26.6. The van der Waals surface area contributed by atoms with Crippen LogP contribution in [0.5, 0.6) is 0 Å². The van der Waals surface area contributed by atoms with E-state index in [-0.39, 0.29) is 25.7 Å². The molecule has 1 fully saturated rings. The molecule has 0 aliphatic heterocycles. The highest BCUT2D eigenvalue weighted by Crippen LogP contribution is 2.49. The average Bonchev–Trinajstić information content (AvgIpc) is 3.26. The lowest BCUT2D eigenvalue weighted by atomic mass is 9.85. The molecule has 9 atom stereocenters. The molecule has 1 aliphatic rings. The predicted octanol–water partition coefficient (Wildman–Crippen LogP) is 7.81. The second kappa shape index (κ2) is 37.3. The van der Waals surface area contributed by atoms with Crippen LogP contribution in [0.2, 0.25) is 0 Å². The van der Waals surface area contributed by atoms with E-state index >= 15 is 0 Å². The smallest absolute Gasteiger partial charge is 0.462 e. The molecule has 1 aliphatic carbocycles. The van der Waals surface area contributed by atoms with Crippen molar-refractivity contribution in [3.8, 4) is 0 Å². The van der Waals surface area contributed by atoms with Gasteiger partial charge in [-0.05, 0) is 77.0 Å². The molecule has 1 saturated carbocycles. The third kappa shape index (κ3) is 31.4. The molecular formula is C47H80O17P2. The molecule has 17 nitrogen and oxygen atoms in total. The van der Waals surface area contributed by atoms with Crippen molar-refractivity contribution in [2.45, 2.75) is 198 Å². The van der Waals surface area contributed by atoms with Gasteiger partial charge in [0, 0.05) is 12.8 Å². The first kappa shape index (κ1) is 61.4. The number of esters is 2. The number of rotatable bonds is 38. The molecule has 19 heteroatoms. The molecule has 0 aromatic carbocycles. The summed E-state index contributed by atoms with van der Waals surface area (Å²) in [7, 11) is -10.8. The SMILES string of the molecule is CCCCC/C=C\C/C=C\C/C=C\C=C\[C@H](O)CCCC(=O)O[C@H](COC(=O)CCCCCCC/C=C\C/C=C\CCCCC)COP(=O)(O)O[C@H]1C(O)C(O)C(O)[C@@H](OP(=O)(O)O)C1O. The van der Waals surface area contributed by atoms with E-state index in [1.165, 1.54) is 38.5 Å². The number of phosphoric ester groups is 2. The second-order valence-electron chi connectivity index (χ2n) is 16.3. The molecule has 5 unspecified atom stereocenters. The molecule has 0 bridgehead atoms. The number of hydrogen-bond acceptors (Lipinski definition) is 14. The van der Waals surface area contributed by atoms with Gasteiger partial charge in [-0.25, -0.2) is 9.13 Å². The zero-order valence-electron chi connectivity index (χ0n) is 39.0. The lowest BCUT2D eigenvalue weighted by Gasteiger charge is -2.43. The Morgan fingerprint density at radius 2 is 1.06 bits per heavy atom. The van der Waals surface area contributed by atoms with Crippen molar-refractivity contribution in [1.82, 2.24) is 0 Å². The Morgan fingerprint density at radius 3 is 1.64 bits per heavy atom. The van der Waals surface area contributed by atoms with Gasteiger partial charge in [0.2, 0.25) is 0 Å². The number of hydrogen-bond donors (Lipinski definition) is 8. The van der Waals surface area contributed by atoms with Crippen LogP contribution in [0, 0.1) is 0 Å². The minimum absolute atomic E-state index is 0.0608. The summed E-state index contributed by atoms with van der Waals surface area (Å²) in [5, 5.41) is 51.6. The first-order valence-electron chi connectivity index (χ1n) is 23.6. The fourth-order valence-electron chi connectivity index (χ4n) is 6.63. The van der Waals surface area contributed by atoms with Gasteiger partial charge in [0.25, 0.3) is 0 Å². The van der Waals surface area contributed by atoms with Crippen LogP contribution in [0.25, 0.3) is 0 Å². The highest BCUT2D eigenvalue weighted by atomic mass is 31.2. The van der Waals surface area contributed by atoms with E-state index in [1.807, 2.05) is 12.2 Å². The van der Waals surface area contributed by atoms with Crippen molar-refractivity contribution in [3.05, 3.63) is 72.9 Å². The monoisotopic (exact) mass is 978 g/mol. The topological polar surface area (TPSA) is 276 Å². The number of phosphoric acid groups is 2. The third-order valence-corrected chi connectivity index (χ3v) is 11.9. The van der Waals surface area contributed by atoms with Crippen molar-refractivity contribution in [1.29, 1.82) is 0 Å². The van der Waals surface area contributed by atoms with E-state index in [4.69, 9.17) is 18.5 Å². The largest absolute Gasteiger partial charge is 0.472 e. The normalized spacial score (nSPS) is 22.6. The lowest BCUT2D eigenvalue weighted by Crippen LogP contribution is -2.64. The maximum atomic E-state index is 13.0. The summed E-state index contributed by atoms with van der Waals surface area (Å²) < 4.78 is 49.2. The van der Waals surface area contributed by atoms with Crippen LogP contribution in [0.4, 0.5) is 0 Å². The van der Waals surface area contributed by atoms with Crippen LogP contribution in [0.15, 0.2) is 72.9 Å². The average molecular weight is 979 g/mol. The zero-order chi connectivity index (χ0) is 49.1. The quantitative estimate of drug-likeness (QED) is 0.00963. The number of carbonyl (C=O) groups is 2. The molecule has 0 aromatic rings. The highest BCUT2D eigenvalue weighted by Gasteiger charge is 2.54. The van der Waals surface area contributed by atoms with Gasteiger partial charge >= 0.3 is 27.6 Å². The molecule has 8 N–H and O–H groups in total.